The van der Waals surface area contributed by atoms with E-state index in [1.807, 2.05) is 0 Å². The van der Waals surface area contributed by atoms with E-state index in [0.29, 0.717) is 18.4 Å². The molecule has 2 nitrogen and oxygen atoms in total. The molecule has 1 rings (SSSR count). The van der Waals surface area contributed by atoms with Gasteiger partial charge >= 0.3 is 0 Å². The van der Waals surface area contributed by atoms with Gasteiger partial charge in [-0.05, 0) is 38.0 Å². The van der Waals surface area contributed by atoms with E-state index in [9.17, 15) is 5.11 Å². The number of aliphatic hydroxyl groups is 1. The van der Waals surface area contributed by atoms with Crippen LogP contribution in [0.3, 0.4) is 0 Å². The SMILES string of the molecule is CC(C)CC(C)OCC(O)C1CCCC1. The summed E-state index contributed by atoms with van der Waals surface area (Å²) in [5, 5.41) is 9.91. The Hall–Kier alpha value is -0.0800. The van der Waals surface area contributed by atoms with Crippen LogP contribution in [0.25, 0.3) is 0 Å². The Balaban J connectivity index is 2.12. The molecule has 0 heterocycles. The molecule has 0 bridgehead atoms. The molecule has 15 heavy (non-hydrogen) atoms. The van der Waals surface area contributed by atoms with Crippen molar-refractivity contribution in [3.8, 4) is 0 Å². The van der Waals surface area contributed by atoms with Gasteiger partial charge in [0.1, 0.15) is 0 Å². The highest BCUT2D eigenvalue weighted by molar-refractivity contribution is 4.74. The first-order valence-corrected chi connectivity index (χ1v) is 6.39. The molecule has 0 amide bonds. The lowest BCUT2D eigenvalue weighted by Crippen LogP contribution is -2.26. The van der Waals surface area contributed by atoms with Crippen LogP contribution in [0.2, 0.25) is 0 Å². The Bertz CT molecular complexity index is 162. The van der Waals surface area contributed by atoms with Gasteiger partial charge in [-0.25, -0.2) is 0 Å². The van der Waals surface area contributed by atoms with E-state index in [-0.39, 0.29) is 12.2 Å². The molecular formula is C13H26O2. The fourth-order valence-corrected chi connectivity index (χ4v) is 2.47. The summed E-state index contributed by atoms with van der Waals surface area (Å²) in [5.41, 5.74) is 0. The van der Waals surface area contributed by atoms with Crippen LogP contribution in [-0.4, -0.2) is 23.9 Å². The average molecular weight is 214 g/mol. The van der Waals surface area contributed by atoms with Crippen LogP contribution >= 0.6 is 0 Å². The van der Waals surface area contributed by atoms with Gasteiger partial charge in [0.25, 0.3) is 0 Å². The quantitative estimate of drug-likeness (QED) is 0.736. The second-order valence-corrected chi connectivity index (χ2v) is 5.39. The number of ether oxygens (including phenoxy) is 1. The second kappa shape index (κ2) is 6.49. The standard InChI is InChI=1S/C13H26O2/c1-10(2)8-11(3)15-9-13(14)12-6-4-5-7-12/h10-14H,4-9H2,1-3H3. The number of aliphatic hydroxyl groups excluding tert-OH is 1. The van der Waals surface area contributed by atoms with Crippen molar-refractivity contribution in [2.75, 3.05) is 6.61 Å². The van der Waals surface area contributed by atoms with Gasteiger partial charge in [0.15, 0.2) is 0 Å². The minimum atomic E-state index is -0.234. The molecule has 1 saturated carbocycles. The molecule has 1 fully saturated rings. The van der Waals surface area contributed by atoms with E-state index in [1.54, 1.807) is 0 Å². The molecule has 0 aromatic carbocycles. The number of hydrogen-bond donors (Lipinski definition) is 1. The zero-order chi connectivity index (χ0) is 11.3. The highest BCUT2D eigenvalue weighted by Gasteiger charge is 2.23. The molecule has 1 N–H and O–H groups in total. The van der Waals surface area contributed by atoms with Gasteiger partial charge in [-0.3, -0.25) is 0 Å². The molecule has 0 aliphatic heterocycles. The predicted octanol–water partition coefficient (Wildman–Crippen LogP) is 2.99. The smallest absolute Gasteiger partial charge is 0.0801 e. The van der Waals surface area contributed by atoms with E-state index >= 15 is 0 Å². The van der Waals surface area contributed by atoms with Crippen LogP contribution < -0.4 is 0 Å². The molecule has 90 valence electrons. The first-order valence-electron chi connectivity index (χ1n) is 6.39. The van der Waals surface area contributed by atoms with Crippen LogP contribution in [-0.2, 0) is 4.74 Å². The summed E-state index contributed by atoms with van der Waals surface area (Å²) in [6.07, 6.45) is 6.05. The Kier molecular flexibility index (Phi) is 5.62. The van der Waals surface area contributed by atoms with Crippen molar-refractivity contribution in [2.45, 2.75) is 65.1 Å². The predicted molar refractivity (Wildman–Crippen MR) is 62.8 cm³/mol. The highest BCUT2D eigenvalue weighted by Crippen LogP contribution is 2.28. The van der Waals surface area contributed by atoms with Gasteiger partial charge in [-0.15, -0.1) is 0 Å². The van der Waals surface area contributed by atoms with Crippen molar-refractivity contribution in [1.29, 1.82) is 0 Å². The van der Waals surface area contributed by atoms with Gasteiger partial charge in [0, 0.05) is 0 Å². The fraction of sp³-hybridized carbons (Fsp3) is 1.00. The van der Waals surface area contributed by atoms with E-state index in [1.165, 1.54) is 25.7 Å². The van der Waals surface area contributed by atoms with E-state index < -0.39 is 0 Å². The van der Waals surface area contributed by atoms with Crippen LogP contribution in [0.15, 0.2) is 0 Å². The Morgan fingerprint density at radius 1 is 1.20 bits per heavy atom. The normalized spacial score (nSPS) is 22.2. The maximum Gasteiger partial charge on any atom is 0.0801 e. The molecule has 2 heteroatoms. The molecule has 0 aromatic heterocycles. The van der Waals surface area contributed by atoms with Crippen molar-refractivity contribution < 1.29 is 9.84 Å². The molecule has 2 unspecified atom stereocenters. The van der Waals surface area contributed by atoms with Crippen LogP contribution in [0.4, 0.5) is 0 Å². The van der Waals surface area contributed by atoms with Gasteiger partial charge in [0.05, 0.1) is 18.8 Å². The fourth-order valence-electron chi connectivity index (χ4n) is 2.47. The monoisotopic (exact) mass is 214 g/mol. The summed E-state index contributed by atoms with van der Waals surface area (Å²) >= 11 is 0. The zero-order valence-corrected chi connectivity index (χ0v) is 10.4. The maximum atomic E-state index is 9.91. The number of hydrogen-bond acceptors (Lipinski definition) is 2. The van der Waals surface area contributed by atoms with E-state index in [4.69, 9.17) is 4.74 Å². The second-order valence-electron chi connectivity index (χ2n) is 5.39. The van der Waals surface area contributed by atoms with E-state index in [0.717, 1.165) is 6.42 Å². The summed E-state index contributed by atoms with van der Waals surface area (Å²) in [7, 11) is 0. The zero-order valence-electron chi connectivity index (χ0n) is 10.4. The summed E-state index contributed by atoms with van der Waals surface area (Å²) < 4.78 is 5.68. The third-order valence-corrected chi connectivity index (χ3v) is 3.30. The average Bonchev–Trinajstić information content (AvgIpc) is 2.65. The van der Waals surface area contributed by atoms with Crippen molar-refractivity contribution in [3.05, 3.63) is 0 Å². The topological polar surface area (TPSA) is 29.5 Å². The van der Waals surface area contributed by atoms with Crippen molar-refractivity contribution >= 4 is 0 Å². The number of rotatable bonds is 6. The molecule has 0 saturated heterocycles. The molecule has 1 aliphatic rings. The van der Waals surface area contributed by atoms with Crippen LogP contribution in [0.1, 0.15) is 52.9 Å². The van der Waals surface area contributed by atoms with Gasteiger partial charge in [-0.2, -0.15) is 0 Å². The first-order chi connectivity index (χ1) is 7.09. The lowest BCUT2D eigenvalue weighted by Gasteiger charge is -2.21. The van der Waals surface area contributed by atoms with Crippen LogP contribution in [0, 0.1) is 11.8 Å². The molecule has 2 atom stereocenters. The molecule has 0 radical (unpaired) electrons. The third-order valence-electron chi connectivity index (χ3n) is 3.30. The maximum absolute atomic E-state index is 9.91. The Morgan fingerprint density at radius 3 is 2.33 bits per heavy atom. The molecular weight excluding hydrogens is 188 g/mol. The lowest BCUT2D eigenvalue weighted by molar-refractivity contribution is -0.0299. The summed E-state index contributed by atoms with van der Waals surface area (Å²) in [4.78, 5) is 0. The summed E-state index contributed by atoms with van der Waals surface area (Å²) in [5.74, 6) is 1.17. The molecule has 0 aromatic rings. The third kappa shape index (κ3) is 4.98. The largest absolute Gasteiger partial charge is 0.390 e. The summed E-state index contributed by atoms with van der Waals surface area (Å²) in [6, 6.07) is 0. The Morgan fingerprint density at radius 2 is 1.80 bits per heavy atom. The molecule has 1 aliphatic carbocycles. The lowest BCUT2D eigenvalue weighted by atomic mass is 10.0. The van der Waals surface area contributed by atoms with Crippen molar-refractivity contribution in [3.63, 3.8) is 0 Å². The van der Waals surface area contributed by atoms with Crippen molar-refractivity contribution in [2.24, 2.45) is 11.8 Å². The molecule has 0 spiro atoms. The van der Waals surface area contributed by atoms with Gasteiger partial charge in [0.2, 0.25) is 0 Å². The van der Waals surface area contributed by atoms with Crippen LogP contribution in [0.5, 0.6) is 0 Å². The highest BCUT2D eigenvalue weighted by atomic mass is 16.5. The van der Waals surface area contributed by atoms with E-state index in [2.05, 4.69) is 20.8 Å². The van der Waals surface area contributed by atoms with Gasteiger partial charge in [-0.1, -0.05) is 26.7 Å². The minimum Gasteiger partial charge on any atom is -0.390 e. The van der Waals surface area contributed by atoms with Gasteiger partial charge < -0.3 is 9.84 Å². The summed E-state index contributed by atoms with van der Waals surface area (Å²) in [6.45, 7) is 7.03. The minimum absolute atomic E-state index is 0.234. The first kappa shape index (κ1) is 13.0. The Labute approximate surface area is 94.0 Å². The van der Waals surface area contributed by atoms with Crippen molar-refractivity contribution in [1.82, 2.24) is 0 Å².